The molecule has 2 rings (SSSR count). The van der Waals surface area contributed by atoms with Crippen molar-refractivity contribution in [1.29, 1.82) is 0 Å². The Morgan fingerprint density at radius 2 is 2.00 bits per heavy atom. The molecule has 0 atom stereocenters. The second-order valence-corrected chi connectivity index (χ2v) is 5.12. The number of halogens is 2. The predicted molar refractivity (Wildman–Crippen MR) is 67.6 cm³/mol. The number of hydrogen-bond acceptors (Lipinski definition) is 2. The van der Waals surface area contributed by atoms with E-state index in [0.29, 0.717) is 22.3 Å². The average molecular weight is 260 g/mol. The molecule has 0 heterocycles. The van der Waals surface area contributed by atoms with E-state index in [9.17, 15) is 0 Å². The molecule has 1 aliphatic rings. The van der Waals surface area contributed by atoms with E-state index >= 15 is 0 Å². The fourth-order valence-corrected chi connectivity index (χ4v) is 2.87. The van der Waals surface area contributed by atoms with Crippen LogP contribution in [0.15, 0.2) is 12.1 Å². The summed E-state index contributed by atoms with van der Waals surface area (Å²) >= 11 is 12.4. The summed E-state index contributed by atoms with van der Waals surface area (Å²) < 4.78 is 5.13. The van der Waals surface area contributed by atoms with Crippen LogP contribution in [0.5, 0.6) is 5.75 Å². The highest BCUT2D eigenvalue weighted by Gasteiger charge is 2.39. The number of ether oxygens (including phenoxy) is 1. The van der Waals surface area contributed by atoms with E-state index in [4.69, 9.17) is 33.7 Å². The van der Waals surface area contributed by atoms with Crippen LogP contribution in [0.3, 0.4) is 0 Å². The lowest BCUT2D eigenvalue weighted by Crippen LogP contribution is -2.41. The van der Waals surface area contributed by atoms with Crippen LogP contribution >= 0.6 is 23.2 Å². The quantitative estimate of drug-likeness (QED) is 0.904. The first-order valence-corrected chi connectivity index (χ1v) is 6.12. The molecule has 0 spiro atoms. The molecule has 1 saturated carbocycles. The van der Waals surface area contributed by atoms with Gasteiger partial charge in [0, 0.05) is 23.0 Å². The van der Waals surface area contributed by atoms with Crippen LogP contribution in [0.1, 0.15) is 24.8 Å². The molecule has 1 fully saturated rings. The summed E-state index contributed by atoms with van der Waals surface area (Å²) in [7, 11) is 1.58. The standard InChI is InChI=1S/C12H15Cl2NO/c1-16-11-6-9(13)8(5-10(11)14)12(7-15)3-2-4-12/h5-6H,2-4,7,15H2,1H3. The lowest BCUT2D eigenvalue weighted by molar-refractivity contribution is 0.253. The van der Waals surface area contributed by atoms with Crippen LogP contribution in [-0.4, -0.2) is 13.7 Å². The summed E-state index contributed by atoms with van der Waals surface area (Å²) in [6.07, 6.45) is 3.38. The van der Waals surface area contributed by atoms with Gasteiger partial charge in [-0.1, -0.05) is 29.6 Å². The maximum atomic E-state index is 6.26. The van der Waals surface area contributed by atoms with E-state index in [-0.39, 0.29) is 5.41 Å². The second-order valence-electron chi connectivity index (χ2n) is 4.30. The van der Waals surface area contributed by atoms with Gasteiger partial charge in [0.1, 0.15) is 5.75 Å². The van der Waals surface area contributed by atoms with Crippen LogP contribution in [0, 0.1) is 0 Å². The van der Waals surface area contributed by atoms with Crippen LogP contribution in [0.2, 0.25) is 10.0 Å². The molecule has 1 aromatic rings. The van der Waals surface area contributed by atoms with E-state index in [0.717, 1.165) is 18.4 Å². The van der Waals surface area contributed by atoms with E-state index in [1.54, 1.807) is 13.2 Å². The average Bonchev–Trinajstić information content (AvgIpc) is 2.22. The molecule has 0 amide bonds. The highest BCUT2D eigenvalue weighted by Crippen LogP contribution is 2.47. The fraction of sp³-hybridized carbons (Fsp3) is 0.500. The molecular weight excluding hydrogens is 245 g/mol. The van der Waals surface area contributed by atoms with Crippen molar-refractivity contribution in [2.24, 2.45) is 5.73 Å². The van der Waals surface area contributed by atoms with Gasteiger partial charge in [-0.3, -0.25) is 0 Å². The number of benzene rings is 1. The van der Waals surface area contributed by atoms with Crippen molar-refractivity contribution in [3.05, 3.63) is 27.7 Å². The zero-order valence-corrected chi connectivity index (χ0v) is 10.7. The smallest absolute Gasteiger partial charge is 0.138 e. The van der Waals surface area contributed by atoms with Gasteiger partial charge < -0.3 is 10.5 Å². The molecule has 0 aromatic heterocycles. The Balaban J connectivity index is 2.45. The summed E-state index contributed by atoms with van der Waals surface area (Å²) in [5, 5.41) is 1.30. The van der Waals surface area contributed by atoms with Gasteiger partial charge in [-0.2, -0.15) is 0 Å². The number of nitrogens with two attached hydrogens (primary N) is 1. The van der Waals surface area contributed by atoms with Gasteiger partial charge in [0.05, 0.1) is 12.1 Å². The molecule has 16 heavy (non-hydrogen) atoms. The summed E-state index contributed by atoms with van der Waals surface area (Å²) in [6.45, 7) is 0.620. The third-order valence-electron chi connectivity index (χ3n) is 3.51. The Bertz CT molecular complexity index is 397. The molecule has 88 valence electrons. The largest absolute Gasteiger partial charge is 0.495 e. The highest BCUT2D eigenvalue weighted by molar-refractivity contribution is 6.34. The molecule has 0 saturated heterocycles. The molecule has 2 nitrogen and oxygen atoms in total. The third-order valence-corrected chi connectivity index (χ3v) is 4.12. The molecule has 1 aliphatic carbocycles. The molecule has 0 unspecified atom stereocenters. The van der Waals surface area contributed by atoms with E-state index in [1.807, 2.05) is 6.07 Å². The normalized spacial score (nSPS) is 18.0. The number of methoxy groups -OCH3 is 1. The van der Waals surface area contributed by atoms with Crippen LogP contribution in [-0.2, 0) is 5.41 Å². The van der Waals surface area contributed by atoms with Gasteiger partial charge in [-0.05, 0) is 24.5 Å². The minimum Gasteiger partial charge on any atom is -0.495 e. The van der Waals surface area contributed by atoms with Gasteiger partial charge in [0.2, 0.25) is 0 Å². The molecule has 0 aliphatic heterocycles. The fourth-order valence-electron chi connectivity index (χ4n) is 2.28. The Hall–Kier alpha value is -0.440. The maximum Gasteiger partial charge on any atom is 0.138 e. The first-order valence-electron chi connectivity index (χ1n) is 5.36. The van der Waals surface area contributed by atoms with Crippen molar-refractivity contribution in [1.82, 2.24) is 0 Å². The summed E-state index contributed by atoms with van der Waals surface area (Å²) in [5.74, 6) is 0.613. The Morgan fingerprint density at radius 1 is 1.31 bits per heavy atom. The highest BCUT2D eigenvalue weighted by atomic mass is 35.5. The lowest BCUT2D eigenvalue weighted by Gasteiger charge is -2.42. The first-order chi connectivity index (χ1) is 7.63. The topological polar surface area (TPSA) is 35.2 Å². The van der Waals surface area contributed by atoms with Gasteiger partial charge in [0.25, 0.3) is 0 Å². The molecule has 2 N–H and O–H groups in total. The van der Waals surface area contributed by atoms with Crippen molar-refractivity contribution >= 4 is 23.2 Å². The monoisotopic (exact) mass is 259 g/mol. The Labute approximate surface area is 106 Å². The molecule has 4 heteroatoms. The minimum absolute atomic E-state index is 0.0347. The molecule has 0 radical (unpaired) electrons. The van der Waals surface area contributed by atoms with Crippen LogP contribution in [0.25, 0.3) is 0 Å². The van der Waals surface area contributed by atoms with Gasteiger partial charge in [-0.25, -0.2) is 0 Å². The SMILES string of the molecule is COc1cc(Cl)c(C2(CN)CCC2)cc1Cl. The number of hydrogen-bond donors (Lipinski definition) is 1. The van der Waals surface area contributed by atoms with Gasteiger partial charge in [-0.15, -0.1) is 0 Å². The van der Waals surface area contributed by atoms with E-state index in [1.165, 1.54) is 6.42 Å². The summed E-state index contributed by atoms with van der Waals surface area (Å²) in [6, 6.07) is 3.67. The van der Waals surface area contributed by atoms with Crippen LogP contribution < -0.4 is 10.5 Å². The minimum atomic E-state index is 0.0347. The van der Waals surface area contributed by atoms with Crippen molar-refractivity contribution in [3.63, 3.8) is 0 Å². The van der Waals surface area contributed by atoms with Gasteiger partial charge >= 0.3 is 0 Å². The number of rotatable bonds is 3. The molecular formula is C12H15Cl2NO. The lowest BCUT2D eigenvalue weighted by atomic mass is 9.64. The van der Waals surface area contributed by atoms with E-state index in [2.05, 4.69) is 0 Å². The van der Waals surface area contributed by atoms with Crippen molar-refractivity contribution in [2.75, 3.05) is 13.7 Å². The maximum absolute atomic E-state index is 6.26. The predicted octanol–water partition coefficient (Wildman–Crippen LogP) is 3.38. The zero-order chi connectivity index (χ0) is 11.8. The zero-order valence-electron chi connectivity index (χ0n) is 9.22. The van der Waals surface area contributed by atoms with Crippen LogP contribution in [0.4, 0.5) is 0 Å². The Kier molecular flexibility index (Phi) is 3.34. The first kappa shape index (κ1) is 12.0. The summed E-state index contributed by atoms with van der Waals surface area (Å²) in [4.78, 5) is 0. The van der Waals surface area contributed by atoms with Gasteiger partial charge in [0.15, 0.2) is 0 Å². The summed E-state index contributed by atoms with van der Waals surface area (Å²) in [5.41, 5.74) is 6.96. The Morgan fingerprint density at radius 3 is 2.44 bits per heavy atom. The molecule has 1 aromatic carbocycles. The third kappa shape index (κ3) is 1.79. The molecule has 0 bridgehead atoms. The van der Waals surface area contributed by atoms with Crippen molar-refractivity contribution in [3.8, 4) is 5.75 Å². The van der Waals surface area contributed by atoms with E-state index < -0.39 is 0 Å². The van der Waals surface area contributed by atoms with Crippen molar-refractivity contribution in [2.45, 2.75) is 24.7 Å². The second kappa shape index (κ2) is 4.44. The van der Waals surface area contributed by atoms with Crippen molar-refractivity contribution < 1.29 is 4.74 Å².